The van der Waals surface area contributed by atoms with Gasteiger partial charge in [0.15, 0.2) is 5.96 Å². The lowest BCUT2D eigenvalue weighted by atomic mass is 10.1. The summed E-state index contributed by atoms with van der Waals surface area (Å²) in [6.45, 7) is 5.31. The first-order chi connectivity index (χ1) is 11.5. The van der Waals surface area contributed by atoms with Gasteiger partial charge in [-0.2, -0.15) is 0 Å². The molecule has 2 heterocycles. The molecular weight excluding hydrogens is 451 g/mol. The van der Waals surface area contributed by atoms with Crippen molar-refractivity contribution in [2.45, 2.75) is 26.0 Å². The van der Waals surface area contributed by atoms with Gasteiger partial charge < -0.3 is 20.5 Å². The fraction of sp³-hybridized carbons (Fsp3) is 0.412. The Kier molecular flexibility index (Phi) is 9.15. The van der Waals surface area contributed by atoms with E-state index in [1.165, 1.54) is 11.3 Å². The molecule has 8 heteroatoms. The van der Waals surface area contributed by atoms with Crippen LogP contribution in [0, 0.1) is 0 Å². The second kappa shape index (κ2) is 10.6. The predicted molar refractivity (Wildman–Crippen MR) is 113 cm³/mol. The van der Waals surface area contributed by atoms with E-state index in [1.807, 2.05) is 36.6 Å². The number of halogens is 1. The minimum Gasteiger partial charge on any atom is -0.481 e. The van der Waals surface area contributed by atoms with Crippen molar-refractivity contribution in [1.29, 1.82) is 0 Å². The van der Waals surface area contributed by atoms with Gasteiger partial charge in [0.2, 0.25) is 5.88 Å². The van der Waals surface area contributed by atoms with Gasteiger partial charge in [-0.1, -0.05) is 12.1 Å². The molecule has 0 aliphatic carbocycles. The van der Waals surface area contributed by atoms with Gasteiger partial charge in [0.1, 0.15) is 5.60 Å². The molecule has 0 fully saturated rings. The Morgan fingerprint density at radius 1 is 1.32 bits per heavy atom. The zero-order chi connectivity index (χ0) is 17.4. The first-order valence-corrected chi connectivity index (χ1v) is 8.71. The van der Waals surface area contributed by atoms with Crippen molar-refractivity contribution in [1.82, 2.24) is 15.6 Å². The third-order valence-corrected chi connectivity index (χ3v) is 4.51. The van der Waals surface area contributed by atoms with Gasteiger partial charge in [-0.15, -0.1) is 35.3 Å². The molecule has 0 aliphatic rings. The third kappa shape index (κ3) is 6.79. The minimum atomic E-state index is -0.946. The second-order valence-electron chi connectivity index (χ2n) is 5.47. The molecule has 25 heavy (non-hydrogen) atoms. The molecule has 1 atom stereocenters. The lowest BCUT2D eigenvalue weighted by Gasteiger charge is -2.23. The maximum absolute atomic E-state index is 10.6. The molecule has 6 nitrogen and oxygen atoms in total. The number of rotatable bonds is 7. The second-order valence-corrected chi connectivity index (χ2v) is 6.42. The Balaban J connectivity index is 0.00000312. The van der Waals surface area contributed by atoms with Gasteiger partial charge in [-0.25, -0.2) is 9.98 Å². The van der Waals surface area contributed by atoms with Crippen molar-refractivity contribution in [3.8, 4) is 5.88 Å². The fourth-order valence-electron chi connectivity index (χ4n) is 2.09. The van der Waals surface area contributed by atoms with Crippen molar-refractivity contribution in [2.75, 3.05) is 20.2 Å². The summed E-state index contributed by atoms with van der Waals surface area (Å²) in [4.78, 5) is 9.77. The molecular formula is C17H25IN4O2S. The van der Waals surface area contributed by atoms with E-state index >= 15 is 0 Å². The molecule has 0 amide bonds. The number of nitrogens with one attached hydrogen (secondary N) is 2. The van der Waals surface area contributed by atoms with Crippen molar-refractivity contribution < 1.29 is 9.84 Å². The summed E-state index contributed by atoms with van der Waals surface area (Å²) in [6.07, 6.45) is 0. The van der Waals surface area contributed by atoms with E-state index in [0.717, 1.165) is 17.1 Å². The fourth-order valence-corrected chi connectivity index (χ4v) is 2.88. The number of aromatic nitrogens is 1. The van der Waals surface area contributed by atoms with Crippen LogP contribution >= 0.6 is 35.3 Å². The Morgan fingerprint density at radius 2 is 2.12 bits per heavy atom. The van der Waals surface area contributed by atoms with E-state index in [0.29, 0.717) is 24.9 Å². The van der Waals surface area contributed by atoms with Crippen molar-refractivity contribution >= 4 is 41.3 Å². The van der Waals surface area contributed by atoms with E-state index in [1.54, 1.807) is 20.1 Å². The Bertz CT molecular complexity index is 662. The lowest BCUT2D eigenvalue weighted by Crippen LogP contribution is -2.44. The number of methoxy groups -OCH3 is 1. The van der Waals surface area contributed by atoms with Crippen LogP contribution in [0.15, 0.2) is 40.7 Å². The number of aliphatic imine (C=N–C) groups is 1. The predicted octanol–water partition coefficient (Wildman–Crippen LogP) is 2.73. The number of pyridine rings is 1. The third-order valence-electron chi connectivity index (χ3n) is 3.39. The molecule has 138 valence electrons. The molecule has 0 radical (unpaired) electrons. The molecule has 2 rings (SSSR count). The molecule has 0 spiro atoms. The molecule has 3 N–H and O–H groups in total. The average Bonchev–Trinajstić information content (AvgIpc) is 3.13. The van der Waals surface area contributed by atoms with E-state index in [-0.39, 0.29) is 24.0 Å². The quantitative estimate of drug-likeness (QED) is 0.326. The van der Waals surface area contributed by atoms with Crippen molar-refractivity contribution in [3.05, 3.63) is 46.3 Å². The smallest absolute Gasteiger partial charge is 0.213 e. The van der Waals surface area contributed by atoms with Crippen LogP contribution in [0.4, 0.5) is 0 Å². The molecule has 2 aromatic rings. The number of aliphatic hydroxyl groups is 1. The number of hydrogen-bond acceptors (Lipinski definition) is 5. The molecule has 0 aromatic carbocycles. The van der Waals surface area contributed by atoms with E-state index in [4.69, 9.17) is 4.74 Å². The maximum atomic E-state index is 10.6. The largest absolute Gasteiger partial charge is 0.481 e. The highest BCUT2D eigenvalue weighted by atomic mass is 127. The zero-order valence-electron chi connectivity index (χ0n) is 14.7. The van der Waals surface area contributed by atoms with Crippen LogP contribution in [0.3, 0.4) is 0 Å². The van der Waals surface area contributed by atoms with E-state index in [9.17, 15) is 5.11 Å². The molecule has 1 unspecified atom stereocenters. The topological polar surface area (TPSA) is 78.8 Å². The lowest BCUT2D eigenvalue weighted by molar-refractivity contribution is 0.0655. The van der Waals surface area contributed by atoms with Gasteiger partial charge in [-0.05, 0) is 31.4 Å². The maximum Gasteiger partial charge on any atom is 0.213 e. The standard InChI is InChI=1S/C17H24N4O2S.HI/c1-4-18-16(19-11-13-7-5-9-15(21-13)23-3)20-12-17(2,22)14-8-6-10-24-14;/h5-10,22H,4,11-12H2,1-3H3,(H2,18,19,20);1H. The Hall–Kier alpha value is -1.39. The van der Waals surface area contributed by atoms with Crippen LogP contribution in [-0.4, -0.2) is 36.2 Å². The molecule has 2 aromatic heterocycles. The molecule has 0 bridgehead atoms. The van der Waals surface area contributed by atoms with Gasteiger partial charge >= 0.3 is 0 Å². The van der Waals surface area contributed by atoms with Crippen LogP contribution in [-0.2, 0) is 12.1 Å². The SMILES string of the molecule is CCNC(=NCc1cccc(OC)n1)NCC(C)(O)c1cccs1.I. The summed E-state index contributed by atoms with van der Waals surface area (Å²) in [5, 5.41) is 18.9. The number of hydrogen-bond donors (Lipinski definition) is 3. The van der Waals surface area contributed by atoms with Gasteiger partial charge in [0.05, 0.1) is 25.9 Å². The average molecular weight is 476 g/mol. The molecule has 0 saturated heterocycles. The Labute approximate surface area is 169 Å². The van der Waals surface area contributed by atoms with Gasteiger partial charge in [0.25, 0.3) is 0 Å². The highest BCUT2D eigenvalue weighted by molar-refractivity contribution is 14.0. The van der Waals surface area contributed by atoms with Crippen LogP contribution in [0.2, 0.25) is 0 Å². The normalized spacial score (nSPS) is 13.5. The Morgan fingerprint density at radius 3 is 2.76 bits per heavy atom. The summed E-state index contributed by atoms with van der Waals surface area (Å²) >= 11 is 1.54. The monoisotopic (exact) mass is 476 g/mol. The number of nitrogens with zero attached hydrogens (tertiary/aromatic N) is 2. The van der Waals surface area contributed by atoms with E-state index < -0.39 is 5.60 Å². The van der Waals surface area contributed by atoms with Crippen molar-refractivity contribution in [3.63, 3.8) is 0 Å². The first kappa shape index (κ1) is 21.7. The highest BCUT2D eigenvalue weighted by Crippen LogP contribution is 2.24. The minimum absolute atomic E-state index is 0. The van der Waals surface area contributed by atoms with Crippen LogP contribution in [0.1, 0.15) is 24.4 Å². The summed E-state index contributed by atoms with van der Waals surface area (Å²) in [7, 11) is 1.59. The number of thiophene rings is 1. The number of ether oxygens (including phenoxy) is 1. The highest BCUT2D eigenvalue weighted by Gasteiger charge is 2.24. The van der Waals surface area contributed by atoms with Gasteiger partial charge in [-0.3, -0.25) is 0 Å². The van der Waals surface area contributed by atoms with Crippen LogP contribution in [0.5, 0.6) is 5.88 Å². The molecule has 0 saturated carbocycles. The summed E-state index contributed by atoms with van der Waals surface area (Å²) in [6, 6.07) is 9.45. The molecule has 0 aliphatic heterocycles. The summed E-state index contributed by atoms with van der Waals surface area (Å²) < 4.78 is 5.12. The summed E-state index contributed by atoms with van der Waals surface area (Å²) in [5.74, 6) is 1.21. The van der Waals surface area contributed by atoms with E-state index in [2.05, 4.69) is 20.6 Å². The summed E-state index contributed by atoms with van der Waals surface area (Å²) in [5.41, 5.74) is -0.130. The van der Waals surface area contributed by atoms with Crippen LogP contribution in [0.25, 0.3) is 0 Å². The van der Waals surface area contributed by atoms with Crippen LogP contribution < -0.4 is 15.4 Å². The van der Waals surface area contributed by atoms with Gasteiger partial charge in [0, 0.05) is 17.5 Å². The zero-order valence-corrected chi connectivity index (χ0v) is 17.8. The van der Waals surface area contributed by atoms with Crippen molar-refractivity contribution in [2.24, 2.45) is 4.99 Å². The first-order valence-electron chi connectivity index (χ1n) is 7.83. The number of guanidine groups is 1.